The molecular formula is C17H26ClN5O. The van der Waals surface area contributed by atoms with Gasteiger partial charge in [0.2, 0.25) is 5.91 Å². The van der Waals surface area contributed by atoms with Crippen LogP contribution in [-0.4, -0.2) is 33.0 Å². The molecule has 6 nitrogen and oxygen atoms in total. The first-order valence-corrected chi connectivity index (χ1v) is 8.03. The van der Waals surface area contributed by atoms with Crippen molar-refractivity contribution < 1.29 is 4.79 Å². The number of para-hydroxylation sites is 1. The minimum Gasteiger partial charge on any atom is -0.349 e. The van der Waals surface area contributed by atoms with Gasteiger partial charge in [0.25, 0.3) is 0 Å². The van der Waals surface area contributed by atoms with E-state index in [1.54, 1.807) is 4.68 Å². The first kappa shape index (κ1) is 20.1. The van der Waals surface area contributed by atoms with E-state index in [1.807, 2.05) is 51.1 Å². The molecule has 3 N–H and O–H groups in total. The molecule has 0 aliphatic heterocycles. The highest BCUT2D eigenvalue weighted by Crippen LogP contribution is 2.15. The Labute approximate surface area is 149 Å². The highest BCUT2D eigenvalue weighted by atomic mass is 35.5. The Morgan fingerprint density at radius 1 is 1.25 bits per heavy atom. The number of nitrogens with zero attached hydrogens (tertiary/aromatic N) is 3. The van der Waals surface area contributed by atoms with Gasteiger partial charge in [0.15, 0.2) is 0 Å². The van der Waals surface area contributed by atoms with Crippen LogP contribution in [0.25, 0.3) is 5.69 Å². The number of halogens is 1. The van der Waals surface area contributed by atoms with Gasteiger partial charge in [0.05, 0.1) is 29.0 Å². The Balaban J connectivity index is 0.00000288. The average molecular weight is 352 g/mol. The second kappa shape index (κ2) is 8.80. The van der Waals surface area contributed by atoms with Gasteiger partial charge in [-0.2, -0.15) is 0 Å². The second-order valence-electron chi connectivity index (χ2n) is 5.79. The van der Waals surface area contributed by atoms with Crippen LogP contribution in [0.5, 0.6) is 0 Å². The molecule has 0 saturated carbocycles. The Morgan fingerprint density at radius 2 is 1.88 bits per heavy atom. The van der Waals surface area contributed by atoms with Gasteiger partial charge in [-0.05, 0) is 31.9 Å². The smallest absolute Gasteiger partial charge is 0.226 e. The zero-order valence-corrected chi connectivity index (χ0v) is 15.3. The molecule has 0 aliphatic rings. The van der Waals surface area contributed by atoms with Crippen LogP contribution in [0.3, 0.4) is 0 Å². The van der Waals surface area contributed by atoms with Crippen molar-refractivity contribution in [2.24, 2.45) is 5.73 Å². The fourth-order valence-electron chi connectivity index (χ4n) is 2.60. The number of rotatable bonds is 7. The Hall–Kier alpha value is -1.92. The van der Waals surface area contributed by atoms with E-state index in [1.165, 1.54) is 0 Å². The van der Waals surface area contributed by atoms with Gasteiger partial charge in [-0.25, -0.2) is 4.68 Å². The van der Waals surface area contributed by atoms with Crippen LogP contribution in [-0.2, 0) is 11.2 Å². The molecule has 1 amide bonds. The van der Waals surface area contributed by atoms with Gasteiger partial charge in [-0.15, -0.1) is 17.5 Å². The minimum absolute atomic E-state index is 0. The molecule has 0 unspecified atom stereocenters. The number of hydrogen-bond acceptors (Lipinski definition) is 4. The van der Waals surface area contributed by atoms with Crippen LogP contribution in [0.2, 0.25) is 0 Å². The van der Waals surface area contributed by atoms with Gasteiger partial charge in [-0.1, -0.05) is 37.3 Å². The summed E-state index contributed by atoms with van der Waals surface area (Å²) in [6.45, 7) is 6.42. The SMILES string of the molecule is CCC(CC)(CN)NC(=O)Cc1nnn(-c2ccccc2)c1C.Cl. The summed E-state index contributed by atoms with van der Waals surface area (Å²) in [5, 5.41) is 11.4. The van der Waals surface area contributed by atoms with E-state index in [0.717, 1.165) is 24.2 Å². The van der Waals surface area contributed by atoms with Gasteiger partial charge in [0.1, 0.15) is 0 Å². The molecule has 0 fully saturated rings. The lowest BCUT2D eigenvalue weighted by Crippen LogP contribution is -2.53. The molecule has 0 bridgehead atoms. The van der Waals surface area contributed by atoms with Crippen molar-refractivity contribution in [3.05, 3.63) is 41.7 Å². The Morgan fingerprint density at radius 3 is 2.42 bits per heavy atom. The average Bonchev–Trinajstić information content (AvgIpc) is 2.94. The molecule has 1 aromatic carbocycles. The summed E-state index contributed by atoms with van der Waals surface area (Å²) in [6, 6.07) is 9.76. The maximum Gasteiger partial charge on any atom is 0.226 e. The number of carbonyl (C=O) groups is 1. The maximum absolute atomic E-state index is 12.4. The molecule has 1 aromatic heterocycles. The van der Waals surface area contributed by atoms with Gasteiger partial charge in [-0.3, -0.25) is 4.79 Å². The van der Waals surface area contributed by atoms with Crippen LogP contribution in [0, 0.1) is 6.92 Å². The summed E-state index contributed by atoms with van der Waals surface area (Å²) < 4.78 is 1.75. The Kier molecular flexibility index (Phi) is 7.38. The molecule has 7 heteroatoms. The van der Waals surface area contributed by atoms with Crippen LogP contribution in [0.15, 0.2) is 30.3 Å². The molecule has 0 aliphatic carbocycles. The number of nitrogens with one attached hydrogen (secondary N) is 1. The van der Waals surface area contributed by atoms with Gasteiger partial charge in [0, 0.05) is 6.54 Å². The summed E-state index contributed by atoms with van der Waals surface area (Å²) in [4.78, 5) is 12.4. The molecule has 0 spiro atoms. The van der Waals surface area contributed by atoms with Crippen molar-refractivity contribution in [3.63, 3.8) is 0 Å². The van der Waals surface area contributed by atoms with Gasteiger partial charge >= 0.3 is 0 Å². The first-order chi connectivity index (χ1) is 11.0. The van der Waals surface area contributed by atoms with Crippen molar-refractivity contribution in [3.8, 4) is 5.69 Å². The van der Waals surface area contributed by atoms with E-state index >= 15 is 0 Å². The van der Waals surface area contributed by atoms with E-state index < -0.39 is 0 Å². The molecule has 0 radical (unpaired) electrons. The van der Waals surface area contributed by atoms with Crippen LogP contribution < -0.4 is 11.1 Å². The standard InChI is InChI=1S/C17H25N5O.ClH/c1-4-17(5-2,12-18)19-16(23)11-15-13(3)22(21-20-15)14-9-7-6-8-10-14;/h6-10H,4-5,11-12,18H2,1-3H3,(H,19,23);1H. The summed E-state index contributed by atoms with van der Waals surface area (Å²) in [5.74, 6) is -0.0673. The topological polar surface area (TPSA) is 85.8 Å². The van der Waals surface area contributed by atoms with E-state index in [4.69, 9.17) is 5.73 Å². The van der Waals surface area contributed by atoms with Gasteiger partial charge < -0.3 is 11.1 Å². The molecule has 0 saturated heterocycles. The zero-order chi connectivity index (χ0) is 16.9. The second-order valence-corrected chi connectivity index (χ2v) is 5.79. The lowest BCUT2D eigenvalue weighted by Gasteiger charge is -2.31. The molecule has 1 heterocycles. The van der Waals surface area contributed by atoms with Crippen LogP contribution in [0.4, 0.5) is 0 Å². The first-order valence-electron chi connectivity index (χ1n) is 8.03. The predicted octanol–water partition coefficient (Wildman–Crippen LogP) is 2.17. The predicted molar refractivity (Wildman–Crippen MR) is 97.6 cm³/mol. The van der Waals surface area contributed by atoms with Crippen molar-refractivity contribution in [1.29, 1.82) is 0 Å². The van der Waals surface area contributed by atoms with E-state index in [9.17, 15) is 4.79 Å². The van der Waals surface area contributed by atoms with E-state index in [-0.39, 0.29) is 30.3 Å². The lowest BCUT2D eigenvalue weighted by molar-refractivity contribution is -0.122. The summed E-state index contributed by atoms with van der Waals surface area (Å²) in [6.07, 6.45) is 1.82. The fraction of sp³-hybridized carbons (Fsp3) is 0.471. The van der Waals surface area contributed by atoms with E-state index in [0.29, 0.717) is 12.2 Å². The van der Waals surface area contributed by atoms with E-state index in [2.05, 4.69) is 15.6 Å². The van der Waals surface area contributed by atoms with Crippen molar-refractivity contribution in [1.82, 2.24) is 20.3 Å². The number of amides is 1. The number of benzene rings is 1. The zero-order valence-electron chi connectivity index (χ0n) is 14.5. The largest absolute Gasteiger partial charge is 0.349 e. The third-order valence-corrected chi connectivity index (χ3v) is 4.47. The van der Waals surface area contributed by atoms with Crippen molar-refractivity contribution in [2.75, 3.05) is 6.54 Å². The number of carbonyl (C=O) groups excluding carboxylic acids is 1. The third kappa shape index (κ3) is 4.33. The summed E-state index contributed by atoms with van der Waals surface area (Å²) >= 11 is 0. The fourth-order valence-corrected chi connectivity index (χ4v) is 2.60. The molecule has 2 rings (SSSR count). The van der Waals surface area contributed by atoms with Crippen LogP contribution in [0.1, 0.15) is 38.1 Å². The monoisotopic (exact) mass is 351 g/mol. The number of hydrogen-bond donors (Lipinski definition) is 2. The highest BCUT2D eigenvalue weighted by Gasteiger charge is 2.27. The molecule has 24 heavy (non-hydrogen) atoms. The minimum atomic E-state index is -0.333. The molecule has 2 aromatic rings. The van der Waals surface area contributed by atoms with Crippen LogP contribution >= 0.6 is 12.4 Å². The van der Waals surface area contributed by atoms with Crippen molar-refractivity contribution >= 4 is 18.3 Å². The summed E-state index contributed by atoms with van der Waals surface area (Å²) in [5.41, 5.74) is 7.99. The summed E-state index contributed by atoms with van der Waals surface area (Å²) in [7, 11) is 0. The number of aromatic nitrogens is 3. The quantitative estimate of drug-likeness (QED) is 0.800. The molecule has 132 valence electrons. The molecular weight excluding hydrogens is 326 g/mol. The molecule has 0 atom stereocenters. The highest BCUT2D eigenvalue weighted by molar-refractivity contribution is 5.85. The Bertz CT molecular complexity index is 644. The van der Waals surface area contributed by atoms with Crippen molar-refractivity contribution in [2.45, 2.75) is 45.6 Å². The number of nitrogens with two attached hydrogens (primary N) is 1. The normalized spacial score (nSPS) is 11.0. The maximum atomic E-state index is 12.4. The lowest BCUT2D eigenvalue weighted by atomic mass is 9.92. The third-order valence-electron chi connectivity index (χ3n) is 4.47.